The average Bonchev–Trinajstić information content (AvgIpc) is 2.95. The van der Waals surface area contributed by atoms with Gasteiger partial charge < -0.3 is 9.47 Å². The summed E-state index contributed by atoms with van der Waals surface area (Å²) in [4.78, 5) is 16.4. The Hall–Kier alpha value is -2.12. The van der Waals surface area contributed by atoms with Gasteiger partial charge in [0, 0.05) is 0 Å². The number of carbonyl (C=O) groups excluding carboxylic acids is 1. The van der Waals surface area contributed by atoms with Crippen molar-refractivity contribution in [3.05, 3.63) is 46.9 Å². The number of nitrogens with zero attached hydrogens (tertiary/aromatic N) is 1. The number of para-hydroxylation sites is 1. The molecule has 0 spiro atoms. The summed E-state index contributed by atoms with van der Waals surface area (Å²) < 4.78 is 12.4. The third kappa shape index (κ3) is 3.80. The number of thiazole rings is 1. The summed E-state index contributed by atoms with van der Waals surface area (Å²) in [5.41, 5.74) is 0.817. The van der Waals surface area contributed by atoms with Crippen molar-refractivity contribution in [2.24, 2.45) is 0 Å². The summed E-state index contributed by atoms with van der Waals surface area (Å²) in [5, 5.41) is 3.28. The second-order valence-corrected chi connectivity index (χ2v) is 6.50. The van der Waals surface area contributed by atoms with Gasteiger partial charge in [-0.2, -0.15) is 0 Å². The van der Waals surface area contributed by atoms with Crippen LogP contribution in [-0.2, 0) is 4.79 Å². The van der Waals surface area contributed by atoms with Crippen molar-refractivity contribution in [2.75, 3.05) is 19.0 Å². The van der Waals surface area contributed by atoms with E-state index in [9.17, 15) is 4.79 Å². The van der Waals surface area contributed by atoms with Crippen LogP contribution in [0.15, 0.2) is 46.9 Å². The molecule has 0 radical (unpaired) electrons. The van der Waals surface area contributed by atoms with Crippen LogP contribution in [0.5, 0.6) is 11.5 Å². The number of methoxy groups -OCH3 is 1. The SMILES string of the molecule is COc1ccc2nc(NC(=O)COc3ccccc3Br)sc2c1. The van der Waals surface area contributed by atoms with Crippen LogP contribution in [-0.4, -0.2) is 24.6 Å². The Morgan fingerprint density at radius 3 is 2.91 bits per heavy atom. The number of anilines is 1. The topological polar surface area (TPSA) is 60.5 Å². The number of ether oxygens (including phenoxy) is 2. The molecule has 1 aromatic heterocycles. The maximum absolute atomic E-state index is 12.0. The molecule has 1 amide bonds. The summed E-state index contributed by atoms with van der Waals surface area (Å²) in [7, 11) is 1.62. The lowest BCUT2D eigenvalue weighted by Crippen LogP contribution is -2.20. The maximum Gasteiger partial charge on any atom is 0.264 e. The van der Waals surface area contributed by atoms with Gasteiger partial charge in [-0.05, 0) is 46.3 Å². The Morgan fingerprint density at radius 2 is 2.13 bits per heavy atom. The number of rotatable bonds is 5. The van der Waals surface area contributed by atoms with Crippen LogP contribution in [0, 0.1) is 0 Å². The number of carbonyl (C=O) groups is 1. The fourth-order valence-electron chi connectivity index (χ4n) is 1.95. The maximum atomic E-state index is 12.0. The van der Waals surface area contributed by atoms with Gasteiger partial charge in [-0.1, -0.05) is 23.5 Å². The van der Waals surface area contributed by atoms with Gasteiger partial charge in [0.25, 0.3) is 5.91 Å². The van der Waals surface area contributed by atoms with Crippen LogP contribution >= 0.6 is 27.3 Å². The summed E-state index contributed by atoms with van der Waals surface area (Å²) in [5.74, 6) is 1.12. The van der Waals surface area contributed by atoms with E-state index in [4.69, 9.17) is 9.47 Å². The van der Waals surface area contributed by atoms with Gasteiger partial charge in [0.2, 0.25) is 0 Å². The van der Waals surface area contributed by atoms with Crippen molar-refractivity contribution in [3.63, 3.8) is 0 Å². The smallest absolute Gasteiger partial charge is 0.264 e. The molecule has 0 aliphatic rings. The van der Waals surface area contributed by atoms with E-state index < -0.39 is 0 Å². The number of amides is 1. The van der Waals surface area contributed by atoms with Gasteiger partial charge in [0.1, 0.15) is 11.5 Å². The molecule has 23 heavy (non-hydrogen) atoms. The number of benzene rings is 2. The third-order valence-electron chi connectivity index (χ3n) is 3.04. The van der Waals surface area contributed by atoms with E-state index in [0.29, 0.717) is 10.9 Å². The van der Waals surface area contributed by atoms with E-state index in [1.54, 1.807) is 13.2 Å². The van der Waals surface area contributed by atoms with Gasteiger partial charge in [-0.15, -0.1) is 0 Å². The number of halogens is 1. The molecule has 3 rings (SSSR count). The highest BCUT2D eigenvalue weighted by molar-refractivity contribution is 9.10. The Balaban J connectivity index is 1.64. The largest absolute Gasteiger partial charge is 0.497 e. The van der Waals surface area contributed by atoms with Crippen molar-refractivity contribution >= 4 is 48.5 Å². The number of hydrogen-bond acceptors (Lipinski definition) is 5. The third-order valence-corrected chi connectivity index (χ3v) is 4.63. The van der Waals surface area contributed by atoms with Crippen molar-refractivity contribution < 1.29 is 14.3 Å². The molecule has 0 bridgehead atoms. The van der Waals surface area contributed by atoms with Crippen molar-refractivity contribution in [3.8, 4) is 11.5 Å². The standard InChI is InChI=1S/C16H13BrN2O3S/c1-21-10-6-7-12-14(8-10)23-16(18-12)19-15(20)9-22-13-5-3-2-4-11(13)17/h2-8H,9H2,1H3,(H,18,19,20). The Labute approximate surface area is 145 Å². The zero-order valence-electron chi connectivity index (χ0n) is 12.2. The van der Waals surface area contributed by atoms with Gasteiger partial charge >= 0.3 is 0 Å². The fraction of sp³-hybridized carbons (Fsp3) is 0.125. The minimum Gasteiger partial charge on any atom is -0.497 e. The second kappa shape index (κ2) is 6.97. The minimum atomic E-state index is -0.258. The highest BCUT2D eigenvalue weighted by atomic mass is 79.9. The van der Waals surface area contributed by atoms with Crippen LogP contribution in [0.2, 0.25) is 0 Å². The quantitative estimate of drug-likeness (QED) is 0.710. The Morgan fingerprint density at radius 1 is 1.30 bits per heavy atom. The first-order valence-corrected chi connectivity index (χ1v) is 8.38. The Kier molecular flexibility index (Phi) is 4.78. The monoisotopic (exact) mass is 392 g/mol. The average molecular weight is 393 g/mol. The number of fused-ring (bicyclic) bond motifs is 1. The molecule has 0 saturated carbocycles. The first-order valence-electron chi connectivity index (χ1n) is 6.77. The molecule has 0 fully saturated rings. The lowest BCUT2D eigenvalue weighted by atomic mass is 10.3. The van der Waals surface area contributed by atoms with E-state index in [1.807, 2.05) is 36.4 Å². The molecule has 2 aromatic carbocycles. The molecular weight excluding hydrogens is 380 g/mol. The van der Waals surface area contributed by atoms with E-state index in [-0.39, 0.29) is 12.5 Å². The molecule has 0 unspecified atom stereocenters. The number of aromatic nitrogens is 1. The Bertz CT molecular complexity index is 850. The molecule has 0 atom stereocenters. The van der Waals surface area contributed by atoms with Crippen LogP contribution in [0.1, 0.15) is 0 Å². The van der Waals surface area contributed by atoms with Gasteiger partial charge in [-0.3, -0.25) is 10.1 Å². The molecule has 0 aliphatic heterocycles. The predicted molar refractivity (Wildman–Crippen MR) is 94.4 cm³/mol. The number of hydrogen-bond donors (Lipinski definition) is 1. The number of nitrogens with one attached hydrogen (secondary N) is 1. The fourth-order valence-corrected chi connectivity index (χ4v) is 3.26. The lowest BCUT2D eigenvalue weighted by Gasteiger charge is -2.07. The van der Waals surface area contributed by atoms with Crippen LogP contribution in [0.4, 0.5) is 5.13 Å². The molecule has 0 saturated heterocycles. The van der Waals surface area contributed by atoms with Crippen LogP contribution < -0.4 is 14.8 Å². The van der Waals surface area contributed by atoms with Crippen LogP contribution in [0.3, 0.4) is 0 Å². The molecule has 5 nitrogen and oxygen atoms in total. The molecule has 1 heterocycles. The normalized spacial score (nSPS) is 10.5. The van der Waals surface area contributed by atoms with Gasteiger partial charge in [0.15, 0.2) is 11.7 Å². The first kappa shape index (κ1) is 15.8. The van der Waals surface area contributed by atoms with Crippen molar-refractivity contribution in [1.82, 2.24) is 4.98 Å². The van der Waals surface area contributed by atoms with Crippen molar-refractivity contribution in [1.29, 1.82) is 0 Å². The zero-order valence-corrected chi connectivity index (χ0v) is 14.6. The summed E-state index contributed by atoms with van der Waals surface area (Å²) in [6, 6.07) is 13.0. The highest BCUT2D eigenvalue weighted by Gasteiger charge is 2.10. The molecule has 3 aromatic rings. The van der Waals surface area contributed by atoms with Crippen molar-refractivity contribution in [2.45, 2.75) is 0 Å². The molecule has 118 valence electrons. The van der Waals surface area contributed by atoms with E-state index in [1.165, 1.54) is 11.3 Å². The van der Waals surface area contributed by atoms with E-state index in [2.05, 4.69) is 26.2 Å². The summed E-state index contributed by atoms with van der Waals surface area (Å²) in [6.45, 7) is -0.0815. The van der Waals surface area contributed by atoms with E-state index in [0.717, 1.165) is 20.4 Å². The van der Waals surface area contributed by atoms with Gasteiger partial charge in [-0.25, -0.2) is 4.98 Å². The minimum absolute atomic E-state index is 0.0815. The summed E-state index contributed by atoms with van der Waals surface area (Å²) in [6.07, 6.45) is 0. The molecule has 1 N–H and O–H groups in total. The lowest BCUT2D eigenvalue weighted by molar-refractivity contribution is -0.118. The predicted octanol–water partition coefficient (Wildman–Crippen LogP) is 4.08. The first-order chi connectivity index (χ1) is 11.2. The zero-order chi connectivity index (χ0) is 16.2. The molecular formula is C16H13BrN2O3S. The summed E-state index contributed by atoms with van der Waals surface area (Å²) >= 11 is 4.76. The van der Waals surface area contributed by atoms with Gasteiger partial charge in [0.05, 0.1) is 21.8 Å². The second-order valence-electron chi connectivity index (χ2n) is 4.62. The highest BCUT2D eigenvalue weighted by Crippen LogP contribution is 2.29. The molecule has 0 aliphatic carbocycles. The molecule has 7 heteroatoms. The van der Waals surface area contributed by atoms with E-state index >= 15 is 0 Å². The van der Waals surface area contributed by atoms with Crippen LogP contribution in [0.25, 0.3) is 10.2 Å².